The fourth-order valence-corrected chi connectivity index (χ4v) is 3.13. The number of aromatic nitrogens is 3. The van der Waals surface area contributed by atoms with E-state index in [-0.39, 0.29) is 11.8 Å². The van der Waals surface area contributed by atoms with Crippen molar-refractivity contribution in [1.29, 1.82) is 0 Å². The number of rotatable bonds is 4. The number of amides is 1. The molecule has 0 unspecified atom stereocenters. The van der Waals surface area contributed by atoms with Crippen molar-refractivity contribution in [2.24, 2.45) is 5.92 Å². The van der Waals surface area contributed by atoms with Crippen LogP contribution in [0.1, 0.15) is 19.5 Å². The molecule has 1 N–H and O–H groups in total. The normalized spacial score (nSPS) is 21.6. The quantitative estimate of drug-likeness (QED) is 0.916. The smallest absolute Gasteiger partial charge is 0.248 e. The lowest BCUT2D eigenvalue weighted by molar-refractivity contribution is -0.138. The largest absolute Gasteiger partial charge is 0.391 e. The molecule has 0 bridgehead atoms. The minimum absolute atomic E-state index is 0.00360. The zero-order chi connectivity index (χ0) is 16.4. The van der Waals surface area contributed by atoms with Gasteiger partial charge >= 0.3 is 0 Å². The Hall–Kier alpha value is -2.21. The zero-order valence-electron chi connectivity index (χ0n) is 13.5. The molecule has 0 aliphatic carbocycles. The molecule has 0 spiro atoms. The molecule has 2 aromatic rings. The number of carbonyl (C=O) groups excluding carboxylic acids is 1. The van der Waals surface area contributed by atoms with Gasteiger partial charge in [0.05, 0.1) is 11.8 Å². The summed E-state index contributed by atoms with van der Waals surface area (Å²) >= 11 is 0. The summed E-state index contributed by atoms with van der Waals surface area (Å²) in [5.74, 6) is 0.0190. The van der Waals surface area contributed by atoms with Crippen LogP contribution in [-0.2, 0) is 16.8 Å². The van der Waals surface area contributed by atoms with Gasteiger partial charge in [-0.05, 0) is 32.4 Å². The first-order chi connectivity index (χ1) is 11.0. The van der Waals surface area contributed by atoms with Crippen molar-refractivity contribution in [3.8, 4) is 0 Å². The van der Waals surface area contributed by atoms with Crippen molar-refractivity contribution in [3.63, 3.8) is 0 Å². The van der Waals surface area contributed by atoms with Crippen molar-refractivity contribution in [2.45, 2.75) is 31.9 Å². The van der Waals surface area contributed by atoms with E-state index in [4.69, 9.17) is 0 Å². The molecule has 1 amide bonds. The zero-order valence-corrected chi connectivity index (χ0v) is 13.5. The Kier molecular flexibility index (Phi) is 4.17. The summed E-state index contributed by atoms with van der Waals surface area (Å²) in [5.41, 5.74) is 0.181. The Balaban J connectivity index is 1.69. The van der Waals surface area contributed by atoms with Crippen LogP contribution in [0.5, 0.6) is 0 Å². The maximum atomic E-state index is 12.9. The lowest BCUT2D eigenvalue weighted by Gasteiger charge is -2.30. The van der Waals surface area contributed by atoms with Gasteiger partial charge in [-0.25, -0.2) is 0 Å². The van der Waals surface area contributed by atoms with Gasteiger partial charge in [0.15, 0.2) is 0 Å². The average molecular weight is 314 g/mol. The number of carbonyl (C=O) groups is 1. The van der Waals surface area contributed by atoms with Crippen LogP contribution >= 0.6 is 0 Å². The number of likely N-dealkylation sites (tertiary alicyclic amines) is 1. The van der Waals surface area contributed by atoms with Crippen LogP contribution in [0.3, 0.4) is 0 Å². The van der Waals surface area contributed by atoms with Crippen molar-refractivity contribution in [3.05, 3.63) is 48.8 Å². The maximum Gasteiger partial charge on any atom is 0.248 e. The molecule has 3 rings (SSSR count). The van der Waals surface area contributed by atoms with Gasteiger partial charge in [-0.15, -0.1) is 0 Å². The summed E-state index contributed by atoms with van der Waals surface area (Å²) in [4.78, 5) is 22.9. The van der Waals surface area contributed by atoms with E-state index in [1.165, 1.54) is 0 Å². The van der Waals surface area contributed by atoms with Crippen LogP contribution in [0.2, 0.25) is 0 Å². The van der Waals surface area contributed by atoms with E-state index in [2.05, 4.69) is 9.97 Å². The first-order valence-electron chi connectivity index (χ1n) is 7.84. The monoisotopic (exact) mass is 314 g/mol. The van der Waals surface area contributed by atoms with E-state index in [1.807, 2.05) is 42.9 Å². The molecule has 1 saturated heterocycles. The highest BCUT2D eigenvalue weighted by Gasteiger charge is 2.40. The van der Waals surface area contributed by atoms with Crippen molar-refractivity contribution in [1.82, 2.24) is 19.4 Å². The highest BCUT2D eigenvalue weighted by atomic mass is 16.3. The second-order valence-electron chi connectivity index (χ2n) is 6.59. The molecule has 122 valence electrons. The third-order valence-corrected chi connectivity index (χ3v) is 4.56. The number of nitrogens with zero attached hydrogens (tertiary/aromatic N) is 4. The van der Waals surface area contributed by atoms with Crippen molar-refractivity contribution >= 4 is 5.91 Å². The van der Waals surface area contributed by atoms with E-state index >= 15 is 0 Å². The molecule has 23 heavy (non-hydrogen) atoms. The number of hydrogen-bond acceptors (Lipinski definition) is 4. The standard InChI is InChI=1S/C17H22N4O2/c1-17(2,21-7-3-4-8-21)16(23)20-11-13(15(22)12-20)9-14-10-18-5-6-19-14/h3-8,10,13,15,22H,9,11-12H2,1-2H3/t13-,15-/m1/s1. The molecule has 2 atom stereocenters. The Morgan fingerprint density at radius 2 is 2.04 bits per heavy atom. The van der Waals surface area contributed by atoms with Gasteiger partial charge < -0.3 is 14.6 Å². The van der Waals surface area contributed by atoms with Gasteiger partial charge in [-0.2, -0.15) is 0 Å². The second-order valence-corrected chi connectivity index (χ2v) is 6.59. The SMILES string of the molecule is CC(C)(C(=O)N1C[C@@H](Cc2cnccn2)[C@H](O)C1)n1cccc1. The molecule has 0 saturated carbocycles. The average Bonchev–Trinajstić information content (AvgIpc) is 3.19. The second kappa shape index (κ2) is 6.12. The predicted molar refractivity (Wildman–Crippen MR) is 85.6 cm³/mol. The van der Waals surface area contributed by atoms with Crippen LogP contribution in [-0.4, -0.2) is 49.6 Å². The van der Waals surface area contributed by atoms with Crippen LogP contribution in [0, 0.1) is 5.92 Å². The minimum Gasteiger partial charge on any atom is -0.391 e. The first-order valence-corrected chi connectivity index (χ1v) is 7.84. The molecule has 1 aliphatic heterocycles. The fraction of sp³-hybridized carbons (Fsp3) is 0.471. The van der Waals surface area contributed by atoms with E-state index in [0.29, 0.717) is 19.5 Å². The maximum absolute atomic E-state index is 12.9. The highest BCUT2D eigenvalue weighted by Crippen LogP contribution is 2.26. The summed E-state index contributed by atoms with van der Waals surface area (Å²) in [7, 11) is 0. The highest BCUT2D eigenvalue weighted by molar-refractivity contribution is 5.84. The summed E-state index contributed by atoms with van der Waals surface area (Å²) in [6.07, 6.45) is 8.87. The lowest BCUT2D eigenvalue weighted by Crippen LogP contribution is -2.46. The molecule has 3 heterocycles. The van der Waals surface area contributed by atoms with Crippen LogP contribution < -0.4 is 0 Å². The van der Waals surface area contributed by atoms with E-state index < -0.39 is 11.6 Å². The molecule has 1 aliphatic rings. The third-order valence-electron chi connectivity index (χ3n) is 4.56. The van der Waals surface area contributed by atoms with Gasteiger partial charge in [0.1, 0.15) is 5.54 Å². The third kappa shape index (κ3) is 3.12. The molecule has 1 fully saturated rings. The summed E-state index contributed by atoms with van der Waals surface area (Å²) in [6, 6.07) is 3.81. The fourth-order valence-electron chi connectivity index (χ4n) is 3.13. The van der Waals surface area contributed by atoms with Crippen LogP contribution in [0.4, 0.5) is 0 Å². The van der Waals surface area contributed by atoms with E-state index in [9.17, 15) is 9.90 Å². The Labute approximate surface area is 135 Å². The minimum atomic E-state index is -0.662. The van der Waals surface area contributed by atoms with Gasteiger partial charge in [0, 0.05) is 50.0 Å². The van der Waals surface area contributed by atoms with Gasteiger partial charge in [-0.3, -0.25) is 14.8 Å². The number of β-amino-alcohol motifs (C(OH)–C–C–N with tert-alkyl or cyclic N) is 1. The summed E-state index contributed by atoms with van der Waals surface area (Å²) in [6.45, 7) is 4.71. The first kappa shape index (κ1) is 15.7. The van der Waals surface area contributed by atoms with Crippen LogP contribution in [0.15, 0.2) is 43.1 Å². The number of hydrogen-bond donors (Lipinski definition) is 1. The topological polar surface area (TPSA) is 71.2 Å². The Morgan fingerprint density at radius 3 is 2.70 bits per heavy atom. The van der Waals surface area contributed by atoms with Gasteiger partial charge in [0.2, 0.25) is 5.91 Å². The molecule has 0 aromatic carbocycles. The van der Waals surface area contributed by atoms with Crippen molar-refractivity contribution < 1.29 is 9.90 Å². The summed E-state index contributed by atoms with van der Waals surface area (Å²) < 4.78 is 1.90. The molecule has 6 heteroatoms. The van der Waals surface area contributed by atoms with E-state index in [1.54, 1.807) is 23.5 Å². The van der Waals surface area contributed by atoms with Gasteiger partial charge in [-0.1, -0.05) is 0 Å². The molecule has 2 aromatic heterocycles. The van der Waals surface area contributed by atoms with E-state index in [0.717, 1.165) is 5.69 Å². The molecular weight excluding hydrogens is 292 g/mol. The number of aliphatic hydroxyl groups excluding tert-OH is 1. The Morgan fingerprint density at radius 1 is 1.30 bits per heavy atom. The molecular formula is C17H22N4O2. The molecule has 6 nitrogen and oxygen atoms in total. The van der Waals surface area contributed by atoms with Gasteiger partial charge in [0.25, 0.3) is 0 Å². The van der Waals surface area contributed by atoms with Crippen molar-refractivity contribution in [2.75, 3.05) is 13.1 Å². The predicted octanol–water partition coefficient (Wildman–Crippen LogP) is 1.08. The Bertz CT molecular complexity index is 654. The lowest BCUT2D eigenvalue weighted by atomic mass is 10.0. The van der Waals surface area contributed by atoms with Crippen LogP contribution in [0.25, 0.3) is 0 Å². The molecule has 0 radical (unpaired) electrons. The number of aliphatic hydroxyl groups is 1. The summed E-state index contributed by atoms with van der Waals surface area (Å²) in [5, 5.41) is 10.3.